The van der Waals surface area contributed by atoms with Gasteiger partial charge in [0.2, 0.25) is 11.8 Å². The Morgan fingerprint density at radius 2 is 2.05 bits per heavy atom. The molecule has 5 heteroatoms. The van der Waals surface area contributed by atoms with Crippen LogP contribution in [0.25, 0.3) is 0 Å². The van der Waals surface area contributed by atoms with Gasteiger partial charge in [0.25, 0.3) is 0 Å². The van der Waals surface area contributed by atoms with Crippen molar-refractivity contribution in [1.82, 2.24) is 10.2 Å². The fourth-order valence-corrected chi connectivity index (χ4v) is 2.79. The van der Waals surface area contributed by atoms with E-state index in [1.165, 1.54) is 0 Å². The summed E-state index contributed by atoms with van der Waals surface area (Å²) in [6.07, 6.45) is 2.89. The van der Waals surface area contributed by atoms with Gasteiger partial charge in [0.1, 0.15) is 0 Å². The molecule has 0 bridgehead atoms. The minimum atomic E-state index is -0.152. The second-order valence-corrected chi connectivity index (χ2v) is 5.89. The Kier molecular flexibility index (Phi) is 3.82. The number of hydrogen-bond acceptors (Lipinski definition) is 3. The van der Waals surface area contributed by atoms with E-state index in [4.69, 9.17) is 0 Å². The predicted octanol–water partition coefficient (Wildman–Crippen LogP) is 1.32. The van der Waals surface area contributed by atoms with Crippen LogP contribution in [0.4, 0.5) is 5.69 Å². The second kappa shape index (κ2) is 5.76. The highest BCUT2D eigenvalue weighted by Crippen LogP contribution is 2.32. The van der Waals surface area contributed by atoms with Crippen LogP contribution < -0.4 is 10.6 Å². The third-order valence-electron chi connectivity index (χ3n) is 4.08. The van der Waals surface area contributed by atoms with E-state index in [0.29, 0.717) is 6.04 Å². The smallest absolute Gasteiger partial charge is 0.239 e. The summed E-state index contributed by atoms with van der Waals surface area (Å²) in [5.41, 5.74) is 2.06. The first-order chi connectivity index (χ1) is 10.1. The molecule has 1 heterocycles. The molecule has 1 saturated carbocycles. The molecule has 0 spiro atoms. The van der Waals surface area contributed by atoms with E-state index in [2.05, 4.69) is 10.6 Å². The SMILES string of the molecule is CN(CC(=O)NC1CC1)C(=O)C1CCNc2ccccc21. The van der Waals surface area contributed by atoms with Crippen molar-refractivity contribution in [3.05, 3.63) is 29.8 Å². The Morgan fingerprint density at radius 3 is 2.81 bits per heavy atom. The second-order valence-electron chi connectivity index (χ2n) is 5.89. The molecule has 2 aliphatic rings. The van der Waals surface area contributed by atoms with Crippen LogP contribution in [-0.4, -0.2) is 42.9 Å². The van der Waals surface area contributed by atoms with Crippen molar-refractivity contribution >= 4 is 17.5 Å². The van der Waals surface area contributed by atoms with Crippen molar-refractivity contribution in [2.45, 2.75) is 31.2 Å². The first-order valence-electron chi connectivity index (χ1n) is 7.52. The van der Waals surface area contributed by atoms with E-state index in [-0.39, 0.29) is 24.3 Å². The van der Waals surface area contributed by atoms with Crippen LogP contribution in [-0.2, 0) is 9.59 Å². The Morgan fingerprint density at radius 1 is 1.29 bits per heavy atom. The van der Waals surface area contributed by atoms with Crippen molar-refractivity contribution in [3.8, 4) is 0 Å². The van der Waals surface area contributed by atoms with Crippen LogP contribution in [0, 0.1) is 0 Å². The highest BCUT2D eigenvalue weighted by atomic mass is 16.2. The lowest BCUT2D eigenvalue weighted by molar-refractivity contribution is -0.136. The number of hydrogen-bond donors (Lipinski definition) is 2. The van der Waals surface area contributed by atoms with E-state index in [9.17, 15) is 9.59 Å². The number of amides is 2. The van der Waals surface area contributed by atoms with Crippen molar-refractivity contribution in [2.75, 3.05) is 25.5 Å². The van der Waals surface area contributed by atoms with Crippen LogP contribution in [0.3, 0.4) is 0 Å². The van der Waals surface area contributed by atoms with Crippen LogP contribution in [0.15, 0.2) is 24.3 Å². The molecule has 1 aliphatic heterocycles. The highest BCUT2D eigenvalue weighted by molar-refractivity contribution is 5.90. The first kappa shape index (κ1) is 13.9. The third-order valence-corrected chi connectivity index (χ3v) is 4.08. The van der Waals surface area contributed by atoms with E-state index in [0.717, 1.165) is 37.1 Å². The van der Waals surface area contributed by atoms with E-state index in [1.54, 1.807) is 11.9 Å². The number of carbonyl (C=O) groups is 2. The number of fused-ring (bicyclic) bond motifs is 1. The number of para-hydroxylation sites is 1. The molecular formula is C16H21N3O2. The number of carbonyl (C=O) groups excluding carboxylic acids is 2. The minimum Gasteiger partial charge on any atom is -0.385 e. The number of likely N-dealkylation sites (N-methyl/N-ethyl adjacent to an activating group) is 1. The van der Waals surface area contributed by atoms with E-state index < -0.39 is 0 Å². The molecule has 0 radical (unpaired) electrons. The van der Waals surface area contributed by atoms with Gasteiger partial charge < -0.3 is 15.5 Å². The van der Waals surface area contributed by atoms with Gasteiger partial charge >= 0.3 is 0 Å². The fourth-order valence-electron chi connectivity index (χ4n) is 2.79. The first-order valence-corrected chi connectivity index (χ1v) is 7.52. The maximum atomic E-state index is 12.6. The summed E-state index contributed by atoms with van der Waals surface area (Å²) in [6, 6.07) is 8.23. The standard InChI is InChI=1S/C16H21N3O2/c1-19(10-15(20)18-11-6-7-11)16(21)13-8-9-17-14-5-3-2-4-12(13)14/h2-5,11,13,17H,6-10H2,1H3,(H,18,20). The number of rotatable bonds is 4. The van der Waals surface area contributed by atoms with Gasteiger partial charge in [-0.2, -0.15) is 0 Å². The van der Waals surface area contributed by atoms with Gasteiger partial charge in [0, 0.05) is 25.3 Å². The zero-order chi connectivity index (χ0) is 14.8. The monoisotopic (exact) mass is 287 g/mol. The lowest BCUT2D eigenvalue weighted by Gasteiger charge is -2.29. The van der Waals surface area contributed by atoms with Gasteiger partial charge in [-0.05, 0) is 30.9 Å². The Bertz CT molecular complexity index is 554. The van der Waals surface area contributed by atoms with Crippen LogP contribution in [0.1, 0.15) is 30.7 Å². The van der Waals surface area contributed by atoms with Crippen LogP contribution in [0.2, 0.25) is 0 Å². The number of nitrogens with one attached hydrogen (secondary N) is 2. The number of benzene rings is 1. The summed E-state index contributed by atoms with van der Waals surface area (Å²) in [5.74, 6) is -0.188. The van der Waals surface area contributed by atoms with E-state index in [1.807, 2.05) is 24.3 Å². The van der Waals surface area contributed by atoms with Crippen LogP contribution >= 0.6 is 0 Å². The zero-order valence-electron chi connectivity index (χ0n) is 12.3. The molecule has 2 amide bonds. The molecule has 112 valence electrons. The lowest BCUT2D eigenvalue weighted by atomic mass is 9.90. The Balaban J connectivity index is 1.65. The Hall–Kier alpha value is -2.04. The van der Waals surface area contributed by atoms with Crippen molar-refractivity contribution < 1.29 is 9.59 Å². The number of nitrogens with zero attached hydrogens (tertiary/aromatic N) is 1. The molecule has 1 fully saturated rings. The number of anilines is 1. The van der Waals surface area contributed by atoms with Crippen molar-refractivity contribution in [2.24, 2.45) is 0 Å². The maximum absolute atomic E-state index is 12.6. The van der Waals surface area contributed by atoms with E-state index >= 15 is 0 Å². The summed E-state index contributed by atoms with van der Waals surface area (Å²) in [6.45, 7) is 0.928. The summed E-state index contributed by atoms with van der Waals surface area (Å²) in [4.78, 5) is 26.0. The van der Waals surface area contributed by atoms with Gasteiger partial charge in [-0.1, -0.05) is 18.2 Å². The molecule has 1 aliphatic carbocycles. The Labute approximate surface area is 124 Å². The normalized spacial score (nSPS) is 20.1. The molecular weight excluding hydrogens is 266 g/mol. The van der Waals surface area contributed by atoms with Gasteiger partial charge in [-0.25, -0.2) is 0 Å². The maximum Gasteiger partial charge on any atom is 0.239 e. The third kappa shape index (κ3) is 3.17. The van der Waals surface area contributed by atoms with Gasteiger partial charge in [0.05, 0.1) is 12.5 Å². The highest BCUT2D eigenvalue weighted by Gasteiger charge is 2.30. The summed E-state index contributed by atoms with van der Waals surface area (Å²) in [7, 11) is 1.71. The molecule has 21 heavy (non-hydrogen) atoms. The van der Waals surface area contributed by atoms with Crippen molar-refractivity contribution in [1.29, 1.82) is 0 Å². The van der Waals surface area contributed by atoms with Crippen LogP contribution in [0.5, 0.6) is 0 Å². The molecule has 1 unspecified atom stereocenters. The lowest BCUT2D eigenvalue weighted by Crippen LogP contribution is -2.42. The zero-order valence-corrected chi connectivity index (χ0v) is 12.3. The minimum absolute atomic E-state index is 0.0231. The average Bonchev–Trinajstić information content (AvgIpc) is 3.29. The van der Waals surface area contributed by atoms with Crippen molar-refractivity contribution in [3.63, 3.8) is 0 Å². The predicted molar refractivity (Wildman–Crippen MR) is 81.1 cm³/mol. The summed E-state index contributed by atoms with van der Waals surface area (Å²) in [5, 5.41) is 6.23. The molecule has 3 rings (SSSR count). The van der Waals surface area contributed by atoms with Gasteiger partial charge in [-0.3, -0.25) is 9.59 Å². The fraction of sp³-hybridized carbons (Fsp3) is 0.500. The summed E-state index contributed by atoms with van der Waals surface area (Å²) >= 11 is 0. The summed E-state index contributed by atoms with van der Waals surface area (Å²) < 4.78 is 0. The molecule has 1 aromatic rings. The topological polar surface area (TPSA) is 61.4 Å². The quantitative estimate of drug-likeness (QED) is 0.878. The molecule has 2 N–H and O–H groups in total. The largest absolute Gasteiger partial charge is 0.385 e. The average molecular weight is 287 g/mol. The molecule has 1 aromatic carbocycles. The van der Waals surface area contributed by atoms with Gasteiger partial charge in [-0.15, -0.1) is 0 Å². The van der Waals surface area contributed by atoms with Gasteiger partial charge in [0.15, 0.2) is 0 Å². The molecule has 5 nitrogen and oxygen atoms in total. The molecule has 0 saturated heterocycles. The molecule has 1 atom stereocenters. The molecule has 0 aromatic heterocycles.